The highest BCUT2D eigenvalue weighted by molar-refractivity contribution is 5.93. The van der Waals surface area contributed by atoms with Gasteiger partial charge in [-0.2, -0.15) is 0 Å². The lowest BCUT2D eigenvalue weighted by atomic mass is 10.0. The van der Waals surface area contributed by atoms with Crippen LogP contribution < -0.4 is 0 Å². The van der Waals surface area contributed by atoms with E-state index in [4.69, 9.17) is 5.11 Å². The van der Waals surface area contributed by atoms with Gasteiger partial charge in [0.15, 0.2) is 11.5 Å². The molecule has 2 aromatic carbocycles. The van der Waals surface area contributed by atoms with E-state index in [2.05, 4.69) is 0 Å². The highest BCUT2D eigenvalue weighted by Crippen LogP contribution is 2.34. The van der Waals surface area contributed by atoms with Crippen molar-refractivity contribution in [1.82, 2.24) is 0 Å². The number of hydrogen-bond donors (Lipinski definition) is 3. The van der Waals surface area contributed by atoms with Crippen LogP contribution in [0.4, 0.5) is 0 Å². The van der Waals surface area contributed by atoms with Crippen LogP contribution in [0.1, 0.15) is 15.9 Å². The molecule has 4 nitrogen and oxygen atoms in total. The number of phenols is 2. The minimum absolute atomic E-state index is 0.314. The molecule has 0 saturated heterocycles. The summed E-state index contributed by atoms with van der Waals surface area (Å²) in [5, 5.41) is 27.9. The van der Waals surface area contributed by atoms with Crippen LogP contribution in [0, 0.1) is 6.92 Å². The van der Waals surface area contributed by atoms with E-state index in [1.807, 2.05) is 31.2 Å². The molecular weight excluding hydrogens is 232 g/mol. The summed E-state index contributed by atoms with van der Waals surface area (Å²) in [7, 11) is 0. The topological polar surface area (TPSA) is 77.8 Å². The molecule has 0 unspecified atom stereocenters. The van der Waals surface area contributed by atoms with Gasteiger partial charge in [0.25, 0.3) is 0 Å². The van der Waals surface area contributed by atoms with E-state index >= 15 is 0 Å². The molecule has 0 saturated carbocycles. The van der Waals surface area contributed by atoms with Crippen LogP contribution in [0.25, 0.3) is 11.1 Å². The average Bonchev–Trinajstić information content (AvgIpc) is 2.33. The van der Waals surface area contributed by atoms with Crippen LogP contribution in [0.15, 0.2) is 36.4 Å². The fourth-order valence-electron chi connectivity index (χ4n) is 1.69. The maximum atomic E-state index is 10.9. The van der Waals surface area contributed by atoms with Crippen molar-refractivity contribution in [1.29, 1.82) is 0 Å². The van der Waals surface area contributed by atoms with E-state index in [0.717, 1.165) is 11.1 Å². The van der Waals surface area contributed by atoms with Gasteiger partial charge in [-0.25, -0.2) is 4.79 Å². The second kappa shape index (κ2) is 4.41. The summed E-state index contributed by atoms with van der Waals surface area (Å²) in [4.78, 5) is 10.9. The largest absolute Gasteiger partial charge is 0.504 e. The minimum Gasteiger partial charge on any atom is -0.504 e. The van der Waals surface area contributed by atoms with Gasteiger partial charge in [0.05, 0.1) is 0 Å². The Morgan fingerprint density at radius 1 is 1.00 bits per heavy atom. The first kappa shape index (κ1) is 12.0. The van der Waals surface area contributed by atoms with Gasteiger partial charge in [-0.3, -0.25) is 0 Å². The van der Waals surface area contributed by atoms with Crippen LogP contribution in [-0.2, 0) is 0 Å². The van der Waals surface area contributed by atoms with E-state index in [1.54, 1.807) is 0 Å². The molecule has 0 fully saturated rings. The number of benzene rings is 2. The predicted octanol–water partition coefficient (Wildman–Crippen LogP) is 2.77. The van der Waals surface area contributed by atoms with Crippen molar-refractivity contribution >= 4 is 5.97 Å². The molecule has 0 amide bonds. The summed E-state index contributed by atoms with van der Waals surface area (Å²) in [6.45, 7) is 1.95. The molecule has 0 aliphatic carbocycles. The van der Waals surface area contributed by atoms with E-state index in [-0.39, 0.29) is 5.56 Å². The average molecular weight is 244 g/mol. The number of aromatic carboxylic acids is 1. The Balaban J connectivity index is 2.59. The Labute approximate surface area is 104 Å². The third-order valence-electron chi connectivity index (χ3n) is 2.71. The quantitative estimate of drug-likeness (QED) is 0.710. The summed E-state index contributed by atoms with van der Waals surface area (Å²) in [6, 6.07) is 10.1. The number of hydrogen-bond acceptors (Lipinski definition) is 3. The van der Waals surface area contributed by atoms with Gasteiger partial charge in [0, 0.05) is 0 Å². The van der Waals surface area contributed by atoms with Crippen LogP contribution in [0.5, 0.6) is 11.5 Å². The molecule has 0 aliphatic heterocycles. The van der Waals surface area contributed by atoms with Crippen molar-refractivity contribution in [2.24, 2.45) is 0 Å². The van der Waals surface area contributed by atoms with Gasteiger partial charge in [0.2, 0.25) is 0 Å². The molecule has 0 atom stereocenters. The normalized spacial score (nSPS) is 10.3. The van der Waals surface area contributed by atoms with Gasteiger partial charge in [0.1, 0.15) is 5.56 Å². The van der Waals surface area contributed by atoms with Gasteiger partial charge >= 0.3 is 5.97 Å². The summed E-state index contributed by atoms with van der Waals surface area (Å²) in [5.74, 6) is -2.33. The maximum Gasteiger partial charge on any atom is 0.339 e. The van der Waals surface area contributed by atoms with Crippen LogP contribution >= 0.6 is 0 Å². The van der Waals surface area contributed by atoms with Gasteiger partial charge in [-0.05, 0) is 30.2 Å². The highest BCUT2D eigenvalue weighted by atomic mass is 16.4. The summed E-state index contributed by atoms with van der Waals surface area (Å²) in [5.41, 5.74) is 2.09. The van der Waals surface area contributed by atoms with Gasteiger partial charge < -0.3 is 15.3 Å². The van der Waals surface area contributed by atoms with Crippen LogP contribution in [0.2, 0.25) is 0 Å². The Kier molecular flexibility index (Phi) is 2.93. The van der Waals surface area contributed by atoms with Crippen molar-refractivity contribution in [2.45, 2.75) is 6.92 Å². The first-order valence-electron chi connectivity index (χ1n) is 5.35. The SMILES string of the molecule is Cc1ccc(-c2cc(O)c(O)c(C(=O)O)c2)cc1. The first-order chi connectivity index (χ1) is 8.49. The Morgan fingerprint density at radius 3 is 2.17 bits per heavy atom. The smallest absolute Gasteiger partial charge is 0.339 e. The minimum atomic E-state index is -1.28. The zero-order valence-corrected chi connectivity index (χ0v) is 9.71. The van der Waals surface area contributed by atoms with E-state index in [9.17, 15) is 15.0 Å². The first-order valence-corrected chi connectivity index (χ1v) is 5.35. The Hall–Kier alpha value is -2.49. The third-order valence-corrected chi connectivity index (χ3v) is 2.71. The molecule has 0 heterocycles. The third kappa shape index (κ3) is 2.13. The lowest BCUT2D eigenvalue weighted by Crippen LogP contribution is -1.97. The van der Waals surface area contributed by atoms with Crippen molar-refractivity contribution in [3.63, 3.8) is 0 Å². The predicted molar refractivity (Wildman–Crippen MR) is 66.9 cm³/mol. The van der Waals surface area contributed by atoms with Gasteiger partial charge in [-0.15, -0.1) is 0 Å². The Morgan fingerprint density at radius 2 is 1.61 bits per heavy atom. The monoisotopic (exact) mass is 244 g/mol. The highest BCUT2D eigenvalue weighted by Gasteiger charge is 2.15. The van der Waals surface area contributed by atoms with E-state index < -0.39 is 17.5 Å². The second-order valence-corrected chi connectivity index (χ2v) is 4.06. The zero-order valence-electron chi connectivity index (χ0n) is 9.71. The fraction of sp³-hybridized carbons (Fsp3) is 0.0714. The van der Waals surface area contributed by atoms with Crippen molar-refractivity contribution in [3.8, 4) is 22.6 Å². The molecule has 0 spiro atoms. The van der Waals surface area contributed by atoms with E-state index in [1.165, 1.54) is 12.1 Å². The number of rotatable bonds is 2. The number of carbonyl (C=O) groups is 1. The lowest BCUT2D eigenvalue weighted by molar-refractivity contribution is 0.0693. The number of phenolic OH excluding ortho intramolecular Hbond substituents is 1. The van der Waals surface area contributed by atoms with E-state index in [0.29, 0.717) is 5.56 Å². The summed E-state index contributed by atoms with van der Waals surface area (Å²) in [6.07, 6.45) is 0. The molecule has 0 aliphatic rings. The standard InChI is InChI=1S/C14H12O4/c1-8-2-4-9(5-3-8)10-6-11(14(17)18)13(16)12(15)7-10/h2-7,15-16H,1H3,(H,17,18). The molecule has 18 heavy (non-hydrogen) atoms. The van der Waals surface area contributed by atoms with Crippen molar-refractivity contribution in [2.75, 3.05) is 0 Å². The lowest BCUT2D eigenvalue weighted by Gasteiger charge is -2.07. The molecule has 2 rings (SSSR count). The number of carboxylic acid groups (broad SMARTS) is 1. The summed E-state index contributed by atoms with van der Waals surface area (Å²) < 4.78 is 0. The molecule has 4 heteroatoms. The maximum absolute atomic E-state index is 10.9. The zero-order chi connectivity index (χ0) is 13.3. The van der Waals surface area contributed by atoms with Crippen LogP contribution in [0.3, 0.4) is 0 Å². The fourth-order valence-corrected chi connectivity index (χ4v) is 1.69. The number of carboxylic acids is 1. The number of aromatic hydroxyl groups is 2. The molecule has 0 radical (unpaired) electrons. The molecule has 92 valence electrons. The molecule has 3 N–H and O–H groups in total. The molecule has 0 aromatic heterocycles. The summed E-state index contributed by atoms with van der Waals surface area (Å²) >= 11 is 0. The molecular formula is C14H12O4. The second-order valence-electron chi connectivity index (χ2n) is 4.06. The van der Waals surface area contributed by atoms with Gasteiger partial charge in [-0.1, -0.05) is 29.8 Å². The van der Waals surface area contributed by atoms with Crippen molar-refractivity contribution in [3.05, 3.63) is 47.5 Å². The van der Waals surface area contributed by atoms with Crippen LogP contribution in [-0.4, -0.2) is 21.3 Å². The van der Waals surface area contributed by atoms with Crippen molar-refractivity contribution < 1.29 is 20.1 Å². The molecule has 0 bridgehead atoms. The Bertz CT molecular complexity index is 600. The molecule has 2 aromatic rings. The number of aryl methyl sites for hydroxylation is 1.